The Bertz CT molecular complexity index is 201. The van der Waals surface area contributed by atoms with Crippen LogP contribution in [0.5, 0.6) is 0 Å². The van der Waals surface area contributed by atoms with Crippen molar-refractivity contribution in [1.29, 1.82) is 0 Å². The van der Waals surface area contributed by atoms with Crippen LogP contribution in [0.1, 0.15) is 60.3 Å². The molecule has 2 atom stereocenters. The molecular weight excluding hydrogens is 220 g/mol. The average Bonchev–Trinajstić information content (AvgIpc) is 2.28. The van der Waals surface area contributed by atoms with Crippen molar-refractivity contribution in [1.82, 2.24) is 10.2 Å². The third-order valence-corrected chi connectivity index (χ3v) is 3.86. The lowest BCUT2D eigenvalue weighted by Crippen LogP contribution is -2.46. The predicted molar refractivity (Wildman–Crippen MR) is 81.0 cm³/mol. The first-order valence-corrected chi connectivity index (χ1v) is 8.00. The van der Waals surface area contributed by atoms with Crippen LogP contribution >= 0.6 is 0 Å². The van der Waals surface area contributed by atoms with Gasteiger partial charge in [-0.2, -0.15) is 0 Å². The summed E-state index contributed by atoms with van der Waals surface area (Å²) in [5.41, 5.74) is 0. The molecule has 2 heteroatoms. The molecule has 0 aromatic carbocycles. The lowest BCUT2D eigenvalue weighted by Gasteiger charge is -2.39. The van der Waals surface area contributed by atoms with Crippen molar-refractivity contribution < 1.29 is 0 Å². The van der Waals surface area contributed by atoms with Gasteiger partial charge in [0.15, 0.2) is 0 Å². The van der Waals surface area contributed by atoms with Gasteiger partial charge in [-0.05, 0) is 37.6 Å². The third kappa shape index (κ3) is 5.71. The summed E-state index contributed by atoms with van der Waals surface area (Å²) in [4.78, 5) is 2.76. The summed E-state index contributed by atoms with van der Waals surface area (Å²) in [6.45, 7) is 15.3. The molecular formula is C16H34N2. The minimum Gasteiger partial charge on any atom is -0.314 e. The van der Waals surface area contributed by atoms with Gasteiger partial charge >= 0.3 is 0 Å². The van der Waals surface area contributed by atoms with E-state index < -0.39 is 0 Å². The van der Waals surface area contributed by atoms with Crippen molar-refractivity contribution in [2.24, 2.45) is 11.8 Å². The van der Waals surface area contributed by atoms with E-state index >= 15 is 0 Å². The summed E-state index contributed by atoms with van der Waals surface area (Å²) < 4.78 is 0. The van der Waals surface area contributed by atoms with Crippen LogP contribution in [-0.4, -0.2) is 36.6 Å². The molecule has 1 aliphatic carbocycles. The summed E-state index contributed by atoms with van der Waals surface area (Å²) >= 11 is 0. The summed E-state index contributed by atoms with van der Waals surface area (Å²) in [6.07, 6.45) is 5.53. The van der Waals surface area contributed by atoms with E-state index in [2.05, 4.69) is 44.8 Å². The van der Waals surface area contributed by atoms with Crippen molar-refractivity contribution in [2.45, 2.75) is 72.4 Å². The Hall–Kier alpha value is -0.0800. The third-order valence-electron chi connectivity index (χ3n) is 3.86. The van der Waals surface area contributed by atoms with Crippen molar-refractivity contribution in [3.05, 3.63) is 0 Å². The van der Waals surface area contributed by atoms with Crippen LogP contribution < -0.4 is 5.32 Å². The number of rotatable bonds is 7. The summed E-state index contributed by atoms with van der Waals surface area (Å²) in [6, 6.07) is 1.57. The van der Waals surface area contributed by atoms with Crippen molar-refractivity contribution in [3.63, 3.8) is 0 Å². The van der Waals surface area contributed by atoms with Crippen LogP contribution in [0.4, 0.5) is 0 Å². The minimum atomic E-state index is 0.760. The number of nitrogens with one attached hydrogen (secondary N) is 1. The van der Waals surface area contributed by atoms with E-state index in [1.54, 1.807) is 0 Å². The molecule has 1 saturated carbocycles. The van der Waals surface area contributed by atoms with E-state index in [1.807, 2.05) is 0 Å². The molecule has 0 aromatic heterocycles. The summed E-state index contributed by atoms with van der Waals surface area (Å²) in [7, 11) is 0. The Morgan fingerprint density at radius 3 is 2.17 bits per heavy atom. The van der Waals surface area contributed by atoms with Gasteiger partial charge in [-0.3, -0.25) is 4.90 Å². The quantitative estimate of drug-likeness (QED) is 0.748. The first-order chi connectivity index (χ1) is 8.52. The Balaban J connectivity index is 2.54. The zero-order valence-corrected chi connectivity index (χ0v) is 13.2. The van der Waals surface area contributed by atoms with Crippen LogP contribution in [0, 0.1) is 11.8 Å². The Kier molecular flexibility index (Phi) is 7.25. The SMILES string of the molecule is CCNC1CCCC(N(CC(C)C)CC(C)C)C1. The van der Waals surface area contributed by atoms with E-state index in [0.29, 0.717) is 0 Å². The molecule has 0 amide bonds. The molecule has 1 rings (SSSR count). The van der Waals surface area contributed by atoms with Crippen molar-refractivity contribution >= 4 is 0 Å². The summed E-state index contributed by atoms with van der Waals surface area (Å²) in [5, 5.41) is 3.65. The maximum atomic E-state index is 3.65. The van der Waals surface area contributed by atoms with Gasteiger partial charge in [-0.1, -0.05) is 41.0 Å². The van der Waals surface area contributed by atoms with Gasteiger partial charge in [0.1, 0.15) is 0 Å². The lowest BCUT2D eigenvalue weighted by molar-refractivity contribution is 0.112. The molecule has 108 valence electrons. The molecule has 1 N–H and O–H groups in total. The topological polar surface area (TPSA) is 15.3 Å². The molecule has 0 saturated heterocycles. The molecule has 2 unspecified atom stereocenters. The standard InChI is InChI=1S/C16H34N2/c1-6-17-15-8-7-9-16(10-15)18(11-13(2)3)12-14(4)5/h13-17H,6-12H2,1-5H3. The smallest absolute Gasteiger partial charge is 0.0110 e. The van der Waals surface area contributed by atoms with E-state index in [9.17, 15) is 0 Å². The number of hydrogen-bond donors (Lipinski definition) is 1. The first kappa shape index (κ1) is 16.0. The second-order valence-electron chi connectivity index (χ2n) is 6.82. The molecule has 1 aliphatic rings. The molecule has 18 heavy (non-hydrogen) atoms. The van der Waals surface area contributed by atoms with Gasteiger partial charge in [-0.15, -0.1) is 0 Å². The normalized spacial score (nSPS) is 25.3. The monoisotopic (exact) mass is 254 g/mol. The van der Waals surface area contributed by atoms with E-state index in [0.717, 1.165) is 30.5 Å². The highest BCUT2D eigenvalue weighted by Crippen LogP contribution is 2.24. The fourth-order valence-electron chi connectivity index (χ4n) is 3.28. The number of nitrogens with zero attached hydrogens (tertiary/aromatic N) is 1. The van der Waals surface area contributed by atoms with Gasteiger partial charge < -0.3 is 5.32 Å². The second-order valence-corrected chi connectivity index (χ2v) is 6.82. The average molecular weight is 254 g/mol. The van der Waals surface area contributed by atoms with Crippen molar-refractivity contribution in [2.75, 3.05) is 19.6 Å². The predicted octanol–water partition coefficient (Wildman–Crippen LogP) is 3.52. The van der Waals surface area contributed by atoms with Crippen LogP contribution in [0.2, 0.25) is 0 Å². The van der Waals surface area contributed by atoms with Gasteiger partial charge in [0.25, 0.3) is 0 Å². The highest BCUT2D eigenvalue weighted by Gasteiger charge is 2.26. The maximum Gasteiger partial charge on any atom is 0.0110 e. The zero-order valence-electron chi connectivity index (χ0n) is 13.2. The van der Waals surface area contributed by atoms with Gasteiger partial charge in [-0.25, -0.2) is 0 Å². The fraction of sp³-hybridized carbons (Fsp3) is 1.00. The first-order valence-electron chi connectivity index (χ1n) is 8.00. The molecule has 0 aromatic rings. The largest absolute Gasteiger partial charge is 0.314 e. The second kappa shape index (κ2) is 8.16. The van der Waals surface area contributed by atoms with Crippen LogP contribution in [0.3, 0.4) is 0 Å². The van der Waals surface area contributed by atoms with Crippen LogP contribution in [0.15, 0.2) is 0 Å². The lowest BCUT2D eigenvalue weighted by atomic mass is 9.89. The van der Waals surface area contributed by atoms with Gasteiger partial charge in [0.2, 0.25) is 0 Å². The molecule has 2 nitrogen and oxygen atoms in total. The van der Waals surface area contributed by atoms with Gasteiger partial charge in [0.05, 0.1) is 0 Å². The summed E-state index contributed by atoms with van der Waals surface area (Å²) in [5.74, 6) is 1.56. The van der Waals surface area contributed by atoms with Crippen molar-refractivity contribution in [3.8, 4) is 0 Å². The van der Waals surface area contributed by atoms with E-state index in [1.165, 1.54) is 38.8 Å². The van der Waals surface area contributed by atoms with E-state index in [-0.39, 0.29) is 0 Å². The Morgan fingerprint density at radius 1 is 1.06 bits per heavy atom. The van der Waals surface area contributed by atoms with E-state index in [4.69, 9.17) is 0 Å². The maximum absolute atomic E-state index is 3.65. The Morgan fingerprint density at radius 2 is 1.67 bits per heavy atom. The van der Waals surface area contributed by atoms with Crippen LogP contribution in [0.25, 0.3) is 0 Å². The molecule has 0 aliphatic heterocycles. The highest BCUT2D eigenvalue weighted by molar-refractivity contribution is 4.84. The van der Waals surface area contributed by atoms with Gasteiger partial charge in [0, 0.05) is 25.2 Å². The Labute approximate surface area is 115 Å². The molecule has 0 radical (unpaired) electrons. The minimum absolute atomic E-state index is 0.760. The molecule has 0 spiro atoms. The molecule has 0 bridgehead atoms. The molecule has 0 heterocycles. The number of hydrogen-bond acceptors (Lipinski definition) is 2. The zero-order chi connectivity index (χ0) is 13.5. The highest BCUT2D eigenvalue weighted by atomic mass is 15.2. The fourth-order valence-corrected chi connectivity index (χ4v) is 3.28. The van der Waals surface area contributed by atoms with Crippen LogP contribution in [-0.2, 0) is 0 Å². The molecule has 1 fully saturated rings.